The summed E-state index contributed by atoms with van der Waals surface area (Å²) in [5, 5.41) is 31.7. The van der Waals surface area contributed by atoms with Crippen molar-refractivity contribution in [1.29, 1.82) is 0 Å². The molecule has 0 spiro atoms. The normalized spacial score (nSPS) is 14.9. The first-order chi connectivity index (χ1) is 13.2. The second-order valence-corrected chi connectivity index (χ2v) is 6.77. The van der Waals surface area contributed by atoms with Crippen LogP contribution in [0.15, 0.2) is 60.3 Å². The Labute approximate surface area is 159 Å². The quantitative estimate of drug-likeness (QED) is 0.358. The molecule has 0 saturated heterocycles. The molecule has 0 fully saturated rings. The van der Waals surface area contributed by atoms with Crippen molar-refractivity contribution in [2.24, 2.45) is 0 Å². The number of hydrogen-bond donors (Lipinski definition) is 3. The number of rotatable bonds is 4. The van der Waals surface area contributed by atoms with Crippen molar-refractivity contribution in [3.05, 3.63) is 60.7 Å². The number of phenols is 2. The zero-order chi connectivity index (χ0) is 18.8. The summed E-state index contributed by atoms with van der Waals surface area (Å²) in [6, 6.07) is 12.1. The van der Waals surface area contributed by atoms with Gasteiger partial charge in [-0.15, -0.1) is 16.8 Å². The summed E-state index contributed by atoms with van der Waals surface area (Å²) < 4.78 is 6.08. The second-order valence-electron chi connectivity index (χ2n) is 5.78. The van der Waals surface area contributed by atoms with Crippen molar-refractivity contribution in [3.63, 3.8) is 0 Å². The van der Waals surface area contributed by atoms with Crippen LogP contribution in [-0.4, -0.2) is 31.1 Å². The lowest BCUT2D eigenvalue weighted by atomic mass is 10.1. The minimum atomic E-state index is -0.632. The minimum absolute atomic E-state index is 0.194. The van der Waals surface area contributed by atoms with Gasteiger partial charge in [0.15, 0.2) is 23.4 Å². The van der Waals surface area contributed by atoms with E-state index in [1.54, 1.807) is 12.1 Å². The van der Waals surface area contributed by atoms with E-state index in [2.05, 4.69) is 27.1 Å². The maximum Gasteiger partial charge on any atom is 0.247 e. The van der Waals surface area contributed by atoms with Crippen molar-refractivity contribution in [3.8, 4) is 28.6 Å². The minimum Gasteiger partial charge on any atom is -0.504 e. The van der Waals surface area contributed by atoms with Gasteiger partial charge in [0, 0.05) is 22.6 Å². The molecule has 1 aliphatic rings. The molecule has 0 radical (unpaired) electrons. The largest absolute Gasteiger partial charge is 0.504 e. The van der Waals surface area contributed by atoms with E-state index in [0.717, 1.165) is 11.3 Å². The Hall–Kier alpha value is -3.26. The molecule has 1 aliphatic heterocycles. The van der Waals surface area contributed by atoms with E-state index < -0.39 is 6.23 Å². The molecule has 3 aromatic rings. The number of aromatic hydroxyl groups is 2. The van der Waals surface area contributed by atoms with Gasteiger partial charge in [-0.25, -0.2) is 0 Å². The highest BCUT2D eigenvalue weighted by atomic mass is 32.2. The van der Waals surface area contributed by atoms with Crippen molar-refractivity contribution in [1.82, 2.24) is 15.2 Å². The fraction of sp³-hybridized carbons (Fsp3) is 0.105. The summed E-state index contributed by atoms with van der Waals surface area (Å²) >= 11 is 1.41. The molecule has 4 rings (SSSR count). The highest BCUT2D eigenvalue weighted by Crippen LogP contribution is 2.40. The van der Waals surface area contributed by atoms with Crippen molar-refractivity contribution >= 4 is 17.4 Å². The van der Waals surface area contributed by atoms with Crippen molar-refractivity contribution in [2.45, 2.75) is 11.4 Å². The number of benzene rings is 2. The maximum absolute atomic E-state index is 9.85. The fourth-order valence-electron chi connectivity index (χ4n) is 2.70. The maximum atomic E-state index is 9.85. The average molecular weight is 380 g/mol. The van der Waals surface area contributed by atoms with Crippen LogP contribution in [0.3, 0.4) is 0 Å². The molecule has 136 valence electrons. The van der Waals surface area contributed by atoms with Gasteiger partial charge >= 0.3 is 0 Å². The molecule has 3 N–H and O–H groups in total. The number of anilines is 1. The van der Waals surface area contributed by atoms with Gasteiger partial charge in [-0.3, -0.25) is 0 Å². The number of thioether (sulfide) groups is 1. The standard InChI is InChI=1S/C19H16N4O3S/c1-2-9-27-19-21-18-16(22-23-19)12-5-3-4-6-13(12)20-17(26-18)11-7-8-14(24)15(25)10-11/h2-8,10,17,20,24-25H,1,9H2/t17-/m0/s1. The molecular weight excluding hydrogens is 364 g/mol. The third-order valence-electron chi connectivity index (χ3n) is 3.97. The number of nitrogens with zero attached hydrogens (tertiary/aromatic N) is 3. The summed E-state index contributed by atoms with van der Waals surface area (Å²) in [5.41, 5.74) is 2.79. The van der Waals surface area contributed by atoms with E-state index >= 15 is 0 Å². The third kappa shape index (κ3) is 3.39. The van der Waals surface area contributed by atoms with Crippen LogP contribution in [0.4, 0.5) is 5.69 Å². The van der Waals surface area contributed by atoms with Crippen LogP contribution in [0.5, 0.6) is 17.4 Å². The first-order valence-electron chi connectivity index (χ1n) is 8.18. The monoisotopic (exact) mass is 380 g/mol. The SMILES string of the molecule is C=CCSc1nnc2c(n1)O[C@@H](c1ccc(O)c(O)c1)Nc1ccccc1-2. The average Bonchev–Trinajstić information content (AvgIpc) is 2.85. The molecular formula is C19H16N4O3S. The Morgan fingerprint density at radius 2 is 2.00 bits per heavy atom. The van der Waals surface area contributed by atoms with Crippen molar-refractivity contribution < 1.29 is 14.9 Å². The van der Waals surface area contributed by atoms with Gasteiger partial charge in [0.2, 0.25) is 11.0 Å². The van der Waals surface area contributed by atoms with Crippen LogP contribution in [-0.2, 0) is 0 Å². The molecule has 2 heterocycles. The Morgan fingerprint density at radius 3 is 2.81 bits per heavy atom. The van der Waals surface area contributed by atoms with Crippen LogP contribution in [0.1, 0.15) is 11.8 Å². The van der Waals surface area contributed by atoms with E-state index in [-0.39, 0.29) is 11.5 Å². The Morgan fingerprint density at radius 1 is 1.15 bits per heavy atom. The molecule has 1 atom stereocenters. The van der Waals surface area contributed by atoms with E-state index in [1.807, 2.05) is 24.3 Å². The van der Waals surface area contributed by atoms with Gasteiger partial charge in [-0.2, -0.15) is 4.98 Å². The van der Waals surface area contributed by atoms with Crippen LogP contribution >= 0.6 is 11.8 Å². The third-order valence-corrected chi connectivity index (χ3v) is 4.80. The first kappa shape index (κ1) is 17.2. The predicted molar refractivity (Wildman–Crippen MR) is 103 cm³/mol. The van der Waals surface area contributed by atoms with Gasteiger partial charge in [0.1, 0.15) is 0 Å². The number of para-hydroxylation sites is 1. The molecule has 0 unspecified atom stereocenters. The van der Waals surface area contributed by atoms with Gasteiger partial charge < -0.3 is 20.3 Å². The Balaban J connectivity index is 1.80. The van der Waals surface area contributed by atoms with Gasteiger partial charge in [-0.1, -0.05) is 36.0 Å². The fourth-order valence-corrected chi connectivity index (χ4v) is 3.21. The molecule has 27 heavy (non-hydrogen) atoms. The van der Waals surface area contributed by atoms with Crippen LogP contribution in [0.2, 0.25) is 0 Å². The van der Waals surface area contributed by atoms with E-state index in [9.17, 15) is 10.2 Å². The summed E-state index contributed by atoms with van der Waals surface area (Å²) in [5.74, 6) is 0.579. The Kier molecular flexibility index (Phi) is 4.55. The second kappa shape index (κ2) is 7.16. The Bertz CT molecular complexity index is 1010. The molecule has 0 saturated carbocycles. The van der Waals surface area contributed by atoms with E-state index in [4.69, 9.17) is 4.74 Å². The van der Waals surface area contributed by atoms with Crippen molar-refractivity contribution in [2.75, 3.05) is 11.1 Å². The zero-order valence-electron chi connectivity index (χ0n) is 14.2. The number of phenolic OH excluding ortho intramolecular Hbond substituents is 2. The van der Waals surface area contributed by atoms with Crippen LogP contribution in [0, 0.1) is 0 Å². The van der Waals surface area contributed by atoms with Gasteiger partial charge in [-0.05, 0) is 24.3 Å². The molecule has 8 heteroatoms. The molecule has 7 nitrogen and oxygen atoms in total. The zero-order valence-corrected chi connectivity index (χ0v) is 15.0. The molecule has 0 bridgehead atoms. The highest BCUT2D eigenvalue weighted by Gasteiger charge is 2.26. The number of nitrogens with one attached hydrogen (secondary N) is 1. The van der Waals surface area contributed by atoms with E-state index in [1.165, 1.54) is 23.9 Å². The van der Waals surface area contributed by atoms with Gasteiger partial charge in [0.05, 0.1) is 0 Å². The lowest BCUT2D eigenvalue weighted by Crippen LogP contribution is -2.17. The number of hydrogen-bond acceptors (Lipinski definition) is 8. The molecule has 1 aromatic heterocycles. The number of fused-ring (bicyclic) bond motifs is 3. The first-order valence-corrected chi connectivity index (χ1v) is 9.17. The number of ether oxygens (including phenoxy) is 1. The van der Waals surface area contributed by atoms with Crippen LogP contribution in [0.25, 0.3) is 11.3 Å². The lowest BCUT2D eigenvalue weighted by Gasteiger charge is -2.19. The topological polar surface area (TPSA) is 100 Å². The number of aromatic nitrogens is 3. The van der Waals surface area contributed by atoms with Gasteiger partial charge in [0.25, 0.3) is 0 Å². The lowest BCUT2D eigenvalue weighted by molar-refractivity contribution is 0.224. The summed E-state index contributed by atoms with van der Waals surface area (Å²) in [6.45, 7) is 3.69. The van der Waals surface area contributed by atoms with Crippen LogP contribution < -0.4 is 10.1 Å². The smallest absolute Gasteiger partial charge is 0.247 e. The summed E-state index contributed by atoms with van der Waals surface area (Å²) in [7, 11) is 0. The molecule has 0 aliphatic carbocycles. The molecule has 2 aromatic carbocycles. The summed E-state index contributed by atoms with van der Waals surface area (Å²) in [4.78, 5) is 4.49. The highest BCUT2D eigenvalue weighted by molar-refractivity contribution is 7.99. The molecule has 0 amide bonds. The predicted octanol–water partition coefficient (Wildman–Crippen LogP) is 3.73. The summed E-state index contributed by atoms with van der Waals surface area (Å²) in [6.07, 6.45) is 1.13. The van der Waals surface area contributed by atoms with E-state index in [0.29, 0.717) is 28.0 Å².